The van der Waals surface area contributed by atoms with E-state index in [2.05, 4.69) is 40.4 Å². The summed E-state index contributed by atoms with van der Waals surface area (Å²) in [5, 5.41) is 5.19. The molecule has 2 aromatic heterocycles. The molecular weight excluding hydrogens is 302 g/mol. The molecule has 0 aliphatic carbocycles. The molecule has 0 radical (unpaired) electrons. The number of benzene rings is 2. The molecule has 120 valence electrons. The summed E-state index contributed by atoms with van der Waals surface area (Å²) >= 11 is 0. The van der Waals surface area contributed by atoms with Gasteiger partial charge in [0.15, 0.2) is 5.89 Å². The fourth-order valence-electron chi connectivity index (χ4n) is 3.02. The molecule has 0 bridgehead atoms. The zero-order chi connectivity index (χ0) is 16.7. The Morgan fingerprint density at radius 1 is 1.25 bits per heavy atom. The van der Waals surface area contributed by atoms with Crippen molar-refractivity contribution in [1.29, 1.82) is 0 Å². The predicted molar refractivity (Wildman–Crippen MR) is 94.4 cm³/mol. The zero-order valence-corrected chi connectivity index (χ0v) is 13.5. The number of hydrogen-bond acceptors (Lipinski definition) is 3. The van der Waals surface area contributed by atoms with Crippen molar-refractivity contribution in [2.75, 3.05) is 5.32 Å². The van der Waals surface area contributed by atoms with Gasteiger partial charge in [-0.05, 0) is 24.1 Å². The molecule has 2 heterocycles. The van der Waals surface area contributed by atoms with E-state index < -0.39 is 0 Å². The Labute approximate surface area is 138 Å². The highest BCUT2D eigenvalue weighted by atomic mass is 16.4. The van der Waals surface area contributed by atoms with Crippen molar-refractivity contribution in [2.24, 2.45) is 0 Å². The van der Waals surface area contributed by atoms with Crippen LogP contribution in [0.25, 0.3) is 21.8 Å². The monoisotopic (exact) mass is 319 g/mol. The zero-order valence-electron chi connectivity index (χ0n) is 13.5. The molecule has 0 spiro atoms. The smallest absolute Gasteiger partial charge is 0.293 e. The second kappa shape index (κ2) is 5.53. The second-order valence-electron chi connectivity index (χ2n) is 5.78. The molecule has 4 aromatic rings. The predicted octanol–water partition coefficient (Wildman–Crippen LogP) is 4.43. The minimum absolute atomic E-state index is 0.206. The van der Waals surface area contributed by atoms with Crippen LogP contribution in [0.3, 0.4) is 0 Å². The maximum absolute atomic E-state index is 12.2. The van der Waals surface area contributed by atoms with Gasteiger partial charge in [-0.25, -0.2) is 4.98 Å². The van der Waals surface area contributed by atoms with Crippen LogP contribution >= 0.6 is 0 Å². The number of carbonyl (C=O) groups excluding carboxylic acids is 1. The minimum atomic E-state index is -0.305. The third-order valence-electron chi connectivity index (χ3n) is 4.20. The lowest BCUT2D eigenvalue weighted by Gasteiger charge is -2.03. The van der Waals surface area contributed by atoms with Crippen LogP contribution in [0.2, 0.25) is 0 Å². The van der Waals surface area contributed by atoms with Gasteiger partial charge in [0.25, 0.3) is 5.91 Å². The molecule has 5 nitrogen and oxygen atoms in total. The third kappa shape index (κ3) is 2.34. The normalized spacial score (nSPS) is 11.2. The first-order valence-corrected chi connectivity index (χ1v) is 7.93. The Morgan fingerprint density at radius 2 is 2.12 bits per heavy atom. The van der Waals surface area contributed by atoms with Crippen LogP contribution in [-0.2, 0) is 6.42 Å². The maximum Gasteiger partial charge on any atom is 0.293 e. The fourth-order valence-corrected chi connectivity index (χ4v) is 3.02. The maximum atomic E-state index is 12.2. The van der Waals surface area contributed by atoms with Crippen molar-refractivity contribution in [3.8, 4) is 0 Å². The number of rotatable bonds is 3. The van der Waals surface area contributed by atoms with Crippen molar-refractivity contribution in [1.82, 2.24) is 9.97 Å². The van der Waals surface area contributed by atoms with Crippen LogP contribution in [0.15, 0.2) is 47.0 Å². The van der Waals surface area contributed by atoms with Gasteiger partial charge in [-0.3, -0.25) is 4.79 Å². The molecule has 2 N–H and O–H groups in total. The fraction of sp³-hybridized carbons (Fsp3) is 0.158. The van der Waals surface area contributed by atoms with Gasteiger partial charge in [0, 0.05) is 34.4 Å². The average molecular weight is 319 g/mol. The lowest BCUT2D eigenvalue weighted by atomic mass is 10.1. The highest BCUT2D eigenvalue weighted by molar-refractivity contribution is 6.10. The van der Waals surface area contributed by atoms with Gasteiger partial charge in [-0.2, -0.15) is 0 Å². The number of anilines is 1. The number of amides is 1. The number of nitrogens with zero attached hydrogens (tertiary/aromatic N) is 1. The molecule has 0 atom stereocenters. The van der Waals surface area contributed by atoms with Gasteiger partial charge in [0.05, 0.1) is 6.20 Å². The molecular formula is C19H17N3O2. The van der Waals surface area contributed by atoms with Crippen molar-refractivity contribution in [2.45, 2.75) is 20.3 Å². The number of para-hydroxylation sites is 1. The molecule has 1 amide bonds. The van der Waals surface area contributed by atoms with Crippen molar-refractivity contribution >= 4 is 33.4 Å². The third-order valence-corrected chi connectivity index (χ3v) is 4.20. The van der Waals surface area contributed by atoms with Crippen molar-refractivity contribution in [3.05, 3.63) is 59.8 Å². The summed E-state index contributed by atoms with van der Waals surface area (Å²) in [7, 11) is 0. The summed E-state index contributed by atoms with van der Waals surface area (Å²) in [5.41, 5.74) is 4.15. The lowest BCUT2D eigenvalue weighted by Crippen LogP contribution is -2.10. The number of nitrogens with one attached hydrogen (secondary N) is 2. The molecule has 0 aliphatic heterocycles. The van der Waals surface area contributed by atoms with E-state index in [4.69, 9.17) is 4.42 Å². The molecule has 0 saturated heterocycles. The van der Waals surface area contributed by atoms with Crippen LogP contribution in [0.4, 0.5) is 5.69 Å². The van der Waals surface area contributed by atoms with Crippen LogP contribution in [0, 0.1) is 6.92 Å². The summed E-state index contributed by atoms with van der Waals surface area (Å²) in [6, 6.07) is 12.2. The van der Waals surface area contributed by atoms with Gasteiger partial charge in [-0.1, -0.05) is 31.2 Å². The van der Waals surface area contributed by atoms with Gasteiger partial charge in [0.2, 0.25) is 5.76 Å². The Morgan fingerprint density at radius 3 is 2.88 bits per heavy atom. The number of hydrogen-bond donors (Lipinski definition) is 2. The van der Waals surface area contributed by atoms with Gasteiger partial charge in [-0.15, -0.1) is 0 Å². The average Bonchev–Trinajstić information content (AvgIpc) is 3.17. The van der Waals surface area contributed by atoms with E-state index in [1.165, 1.54) is 17.1 Å². The Bertz CT molecular complexity index is 1060. The second-order valence-corrected chi connectivity index (χ2v) is 5.78. The number of aryl methyl sites for hydroxylation is 2. The lowest BCUT2D eigenvalue weighted by molar-refractivity contribution is 0.0995. The SMILES string of the molecule is CCc1cccc2c1[nH]c1cc(NC(=O)c3cnc(C)o3)ccc12. The van der Waals surface area contributed by atoms with Crippen molar-refractivity contribution in [3.63, 3.8) is 0 Å². The first kappa shape index (κ1) is 14.5. The van der Waals surface area contributed by atoms with E-state index in [1.807, 2.05) is 18.2 Å². The quantitative estimate of drug-likeness (QED) is 0.587. The number of fused-ring (bicyclic) bond motifs is 3. The van der Waals surface area contributed by atoms with Gasteiger partial charge in [0.1, 0.15) is 0 Å². The van der Waals surface area contributed by atoms with Crippen LogP contribution in [0.5, 0.6) is 0 Å². The molecule has 0 fully saturated rings. The van der Waals surface area contributed by atoms with Gasteiger partial charge >= 0.3 is 0 Å². The minimum Gasteiger partial charge on any atom is -0.436 e. The van der Waals surface area contributed by atoms with Crippen LogP contribution in [0.1, 0.15) is 28.9 Å². The molecule has 4 rings (SSSR count). The summed E-state index contributed by atoms with van der Waals surface area (Å²) < 4.78 is 5.25. The number of oxazole rings is 1. The Hall–Kier alpha value is -3.08. The standard InChI is InChI=1S/C19H17N3O2/c1-3-12-5-4-6-15-14-8-7-13(9-16(14)22-18(12)15)21-19(23)17-10-20-11(2)24-17/h4-10,22H,3H2,1-2H3,(H,21,23). The van der Waals surface area contributed by atoms with E-state index in [9.17, 15) is 4.79 Å². The largest absolute Gasteiger partial charge is 0.436 e. The molecule has 0 aliphatic rings. The van der Waals surface area contributed by atoms with Crippen LogP contribution in [-0.4, -0.2) is 15.9 Å². The number of aromatic nitrogens is 2. The van der Waals surface area contributed by atoms with E-state index in [1.54, 1.807) is 6.92 Å². The number of aromatic amines is 1. The molecule has 24 heavy (non-hydrogen) atoms. The molecule has 0 unspecified atom stereocenters. The summed E-state index contributed by atoms with van der Waals surface area (Å²) in [4.78, 5) is 19.6. The van der Waals surface area contributed by atoms with E-state index in [0.717, 1.165) is 22.8 Å². The van der Waals surface area contributed by atoms with E-state index >= 15 is 0 Å². The Balaban J connectivity index is 1.73. The van der Waals surface area contributed by atoms with Crippen LogP contribution < -0.4 is 5.32 Å². The number of carbonyl (C=O) groups is 1. The topological polar surface area (TPSA) is 70.9 Å². The number of H-pyrrole nitrogens is 1. The van der Waals surface area contributed by atoms with Crippen molar-refractivity contribution < 1.29 is 9.21 Å². The van der Waals surface area contributed by atoms with E-state index in [0.29, 0.717) is 11.6 Å². The van der Waals surface area contributed by atoms with E-state index in [-0.39, 0.29) is 11.7 Å². The summed E-state index contributed by atoms with van der Waals surface area (Å²) in [6.45, 7) is 3.85. The Kier molecular flexibility index (Phi) is 3.34. The molecule has 5 heteroatoms. The molecule has 0 saturated carbocycles. The van der Waals surface area contributed by atoms with Gasteiger partial charge < -0.3 is 14.7 Å². The first-order valence-electron chi connectivity index (χ1n) is 7.93. The highest BCUT2D eigenvalue weighted by Gasteiger charge is 2.13. The highest BCUT2D eigenvalue weighted by Crippen LogP contribution is 2.29. The first-order chi connectivity index (χ1) is 11.7. The summed E-state index contributed by atoms with van der Waals surface area (Å²) in [5.74, 6) is 0.371. The summed E-state index contributed by atoms with van der Waals surface area (Å²) in [6.07, 6.45) is 2.40. The molecule has 2 aromatic carbocycles.